The van der Waals surface area contributed by atoms with Crippen molar-refractivity contribution >= 4 is 15.6 Å². The Labute approximate surface area is 244 Å². The first-order valence-electron chi connectivity index (χ1n) is 8.12. The summed E-state index contributed by atoms with van der Waals surface area (Å²) in [5.41, 5.74) is 11.3. The number of allylic oxidation sites excluding steroid dienone is 4. The molecule has 0 heterocycles. The van der Waals surface area contributed by atoms with Gasteiger partial charge in [-0.2, -0.15) is 0 Å². The number of azide groups is 1. The Morgan fingerprint density at radius 3 is 1.87 bits per heavy atom. The predicted octanol–water partition coefficient (Wildman–Crippen LogP) is -5.96. The molecule has 0 N–H and O–H groups in total. The van der Waals surface area contributed by atoms with Gasteiger partial charge in [-0.3, -0.25) is 8.88 Å². The van der Waals surface area contributed by atoms with Crippen LogP contribution in [0.4, 0.5) is 0 Å². The van der Waals surface area contributed by atoms with E-state index in [1.807, 2.05) is 19.9 Å². The standard InChI is InChI=1S/C15H27N3O7P2.3Na/c1-13(7-5-9-15(3)12-17-18-16)6-4-8-14(2)10-11-24-27(22,23)25-26(19,20)21;;;/h6,9-10H,4-5,7-8,11-12H2,1-3H3,(H,22,23)(H2,19,20,21);;;/q;3*+1/p-3/b13-6+,14-10+,15-9+;;;. The summed E-state index contributed by atoms with van der Waals surface area (Å²) >= 11 is 0. The van der Waals surface area contributed by atoms with Crippen molar-refractivity contribution < 1.29 is 121 Å². The van der Waals surface area contributed by atoms with Gasteiger partial charge < -0.3 is 23.8 Å². The monoisotopic (exact) mass is 489 g/mol. The molecule has 30 heavy (non-hydrogen) atoms. The summed E-state index contributed by atoms with van der Waals surface area (Å²) in [4.78, 5) is 34.3. The minimum atomic E-state index is -5.66. The van der Waals surface area contributed by atoms with Crippen molar-refractivity contribution in [1.82, 2.24) is 0 Å². The van der Waals surface area contributed by atoms with Crippen molar-refractivity contribution in [3.8, 4) is 0 Å². The number of phosphoric ester groups is 1. The molecule has 0 bridgehead atoms. The maximum Gasteiger partial charge on any atom is 1.00 e. The average molecular weight is 489 g/mol. The minimum absolute atomic E-state index is 0. The zero-order chi connectivity index (χ0) is 20.9. The zero-order valence-electron chi connectivity index (χ0n) is 18.6. The molecule has 10 nitrogen and oxygen atoms in total. The average Bonchev–Trinajstić information content (AvgIpc) is 2.50. The molecule has 0 saturated heterocycles. The van der Waals surface area contributed by atoms with E-state index in [4.69, 9.17) is 5.53 Å². The van der Waals surface area contributed by atoms with E-state index in [2.05, 4.69) is 24.9 Å². The van der Waals surface area contributed by atoms with E-state index in [1.165, 1.54) is 11.6 Å². The van der Waals surface area contributed by atoms with Gasteiger partial charge in [-0.1, -0.05) is 40.1 Å². The Morgan fingerprint density at radius 1 is 0.933 bits per heavy atom. The molecule has 0 radical (unpaired) electrons. The SMILES string of the molecule is C/C(=C\CC/C(C)=C/COP(=O)([O-])OP(=O)([O-])[O-])CC/C=C(\C)CN=[N+]=[N-].[Na+].[Na+].[Na+]. The molecule has 0 saturated carbocycles. The van der Waals surface area contributed by atoms with Crippen molar-refractivity contribution in [1.29, 1.82) is 0 Å². The summed E-state index contributed by atoms with van der Waals surface area (Å²) in [6.45, 7) is 5.64. The van der Waals surface area contributed by atoms with Crippen LogP contribution in [0.5, 0.6) is 0 Å². The number of hydrogen-bond acceptors (Lipinski definition) is 8. The third-order valence-corrected chi connectivity index (χ3v) is 5.38. The van der Waals surface area contributed by atoms with Gasteiger partial charge in [-0.15, -0.1) is 0 Å². The molecule has 0 rings (SSSR count). The van der Waals surface area contributed by atoms with Gasteiger partial charge in [-0.05, 0) is 52.0 Å². The summed E-state index contributed by atoms with van der Waals surface area (Å²) in [6.07, 6.45) is 8.71. The summed E-state index contributed by atoms with van der Waals surface area (Å²) in [7, 11) is -10.8. The smallest absolute Gasteiger partial charge is 0.790 e. The molecule has 0 aliphatic rings. The molecule has 154 valence electrons. The minimum Gasteiger partial charge on any atom is -0.790 e. The van der Waals surface area contributed by atoms with Gasteiger partial charge in [0.1, 0.15) is 0 Å². The van der Waals surface area contributed by atoms with Crippen molar-refractivity contribution in [3.05, 3.63) is 45.4 Å². The summed E-state index contributed by atoms with van der Waals surface area (Å²) in [5.74, 6) is 0. The quantitative estimate of drug-likeness (QED) is 0.0619. The summed E-state index contributed by atoms with van der Waals surface area (Å²) in [6, 6.07) is 0. The second-order valence-corrected chi connectivity index (χ2v) is 8.59. The topological polar surface area (TPSA) is 171 Å². The Balaban J connectivity index is -0.00000113. The van der Waals surface area contributed by atoms with E-state index in [1.54, 1.807) is 6.92 Å². The van der Waals surface area contributed by atoms with Crippen LogP contribution in [0.25, 0.3) is 10.4 Å². The van der Waals surface area contributed by atoms with Crippen LogP contribution >= 0.6 is 15.6 Å². The van der Waals surface area contributed by atoms with Crippen LogP contribution in [0.1, 0.15) is 46.5 Å². The van der Waals surface area contributed by atoms with Crippen LogP contribution in [0, 0.1) is 0 Å². The van der Waals surface area contributed by atoms with E-state index >= 15 is 0 Å². The number of phosphoric acid groups is 2. The van der Waals surface area contributed by atoms with E-state index in [-0.39, 0.29) is 88.7 Å². The normalized spacial score (nSPS) is 14.4. The first kappa shape index (κ1) is 39.0. The Bertz CT molecular complexity index is 720. The molecule has 0 aromatic heterocycles. The molecule has 1 atom stereocenters. The van der Waals surface area contributed by atoms with Crippen LogP contribution in [-0.4, -0.2) is 13.2 Å². The van der Waals surface area contributed by atoms with Crippen LogP contribution in [-0.2, 0) is 18.0 Å². The molecule has 0 aromatic rings. The zero-order valence-corrected chi connectivity index (χ0v) is 26.4. The Hall–Kier alpha value is 1.79. The first-order valence-corrected chi connectivity index (χ1v) is 11.0. The van der Waals surface area contributed by atoms with E-state index in [0.29, 0.717) is 13.0 Å². The van der Waals surface area contributed by atoms with Gasteiger partial charge in [0, 0.05) is 11.5 Å². The number of hydrogen-bond donors (Lipinski definition) is 0. The maximum atomic E-state index is 11.1. The molecular weight excluding hydrogens is 465 g/mol. The van der Waals surface area contributed by atoms with Crippen LogP contribution < -0.4 is 103 Å². The molecule has 0 spiro atoms. The summed E-state index contributed by atoms with van der Waals surface area (Å²) in [5, 5.41) is 3.49. The van der Waals surface area contributed by atoms with Crippen LogP contribution in [0.15, 0.2) is 40.1 Å². The third kappa shape index (κ3) is 26.0. The predicted molar refractivity (Wildman–Crippen MR) is 96.0 cm³/mol. The van der Waals surface area contributed by atoms with Crippen molar-refractivity contribution in [2.24, 2.45) is 5.11 Å². The molecule has 0 aliphatic heterocycles. The van der Waals surface area contributed by atoms with Crippen molar-refractivity contribution in [2.45, 2.75) is 46.5 Å². The van der Waals surface area contributed by atoms with Gasteiger partial charge in [0.15, 0.2) is 0 Å². The fraction of sp³-hybridized carbons (Fsp3) is 0.600. The van der Waals surface area contributed by atoms with Crippen LogP contribution in [0.2, 0.25) is 0 Å². The molecule has 0 aromatic carbocycles. The van der Waals surface area contributed by atoms with Gasteiger partial charge in [0.2, 0.25) is 0 Å². The molecule has 0 fully saturated rings. The number of nitrogens with zero attached hydrogens (tertiary/aromatic N) is 3. The van der Waals surface area contributed by atoms with Crippen LogP contribution in [0.3, 0.4) is 0 Å². The van der Waals surface area contributed by atoms with Crippen molar-refractivity contribution in [2.75, 3.05) is 13.2 Å². The Morgan fingerprint density at radius 2 is 1.40 bits per heavy atom. The van der Waals surface area contributed by atoms with Gasteiger partial charge in [-0.25, -0.2) is 0 Å². The van der Waals surface area contributed by atoms with E-state index in [0.717, 1.165) is 30.4 Å². The molecular formula is C15H24N3Na3O7P2. The molecule has 0 aliphatic carbocycles. The van der Waals surface area contributed by atoms with E-state index < -0.39 is 22.3 Å². The summed E-state index contributed by atoms with van der Waals surface area (Å²) < 4.78 is 29.0. The number of rotatable bonds is 13. The fourth-order valence-electron chi connectivity index (χ4n) is 1.92. The second kappa shape index (κ2) is 21.3. The first-order chi connectivity index (χ1) is 12.4. The molecule has 1 unspecified atom stereocenters. The van der Waals surface area contributed by atoms with Gasteiger partial charge in [0.05, 0.1) is 14.4 Å². The maximum absolute atomic E-state index is 11.1. The second-order valence-electron chi connectivity index (χ2n) is 5.89. The van der Waals surface area contributed by atoms with Gasteiger partial charge in [0.25, 0.3) is 7.82 Å². The molecule has 0 amide bonds. The Kier molecular flexibility index (Phi) is 27.7. The fourth-order valence-corrected chi connectivity index (χ4v) is 3.35. The third-order valence-electron chi connectivity index (χ3n) is 3.31. The van der Waals surface area contributed by atoms with E-state index in [9.17, 15) is 23.8 Å². The van der Waals surface area contributed by atoms with Gasteiger partial charge >= 0.3 is 88.7 Å². The van der Waals surface area contributed by atoms with Crippen molar-refractivity contribution in [3.63, 3.8) is 0 Å². The largest absolute Gasteiger partial charge is 1.00 e. The molecule has 15 heteroatoms.